The second kappa shape index (κ2) is 6.94. The van der Waals surface area contributed by atoms with Gasteiger partial charge in [-0.05, 0) is 31.4 Å². The van der Waals surface area contributed by atoms with Crippen molar-refractivity contribution in [2.75, 3.05) is 39.0 Å². The molecule has 26 heavy (non-hydrogen) atoms. The van der Waals surface area contributed by atoms with Crippen LogP contribution in [0.25, 0.3) is 0 Å². The van der Waals surface area contributed by atoms with E-state index >= 15 is 0 Å². The van der Waals surface area contributed by atoms with Crippen LogP contribution in [0.2, 0.25) is 0 Å². The summed E-state index contributed by atoms with van der Waals surface area (Å²) in [5, 5.41) is 0. The molecule has 142 valence electrons. The van der Waals surface area contributed by atoms with Crippen molar-refractivity contribution in [1.29, 1.82) is 0 Å². The first kappa shape index (κ1) is 17.9. The van der Waals surface area contributed by atoms with Crippen molar-refractivity contribution in [3.05, 3.63) is 35.9 Å². The van der Waals surface area contributed by atoms with E-state index in [-0.39, 0.29) is 11.8 Å². The van der Waals surface area contributed by atoms with Crippen LogP contribution in [0.5, 0.6) is 0 Å². The van der Waals surface area contributed by atoms with Crippen LogP contribution in [0.4, 0.5) is 0 Å². The molecule has 4 rings (SSSR count). The predicted molar refractivity (Wildman–Crippen MR) is 100 cm³/mol. The van der Waals surface area contributed by atoms with Crippen LogP contribution in [0.15, 0.2) is 30.3 Å². The van der Waals surface area contributed by atoms with E-state index < -0.39 is 10.0 Å². The SMILES string of the molecule is CS(=O)(=O)N1CCN(C(=O)[C@@H]2C[C@H](c3ccccc3)N3CCC[C@@H]23)CC1. The highest BCUT2D eigenvalue weighted by Gasteiger charge is 2.48. The number of amides is 1. The molecule has 0 radical (unpaired) electrons. The quantitative estimate of drug-likeness (QED) is 0.797. The smallest absolute Gasteiger partial charge is 0.227 e. The van der Waals surface area contributed by atoms with E-state index in [1.807, 2.05) is 11.0 Å². The number of fused-ring (bicyclic) bond motifs is 1. The lowest BCUT2D eigenvalue weighted by Gasteiger charge is -2.35. The van der Waals surface area contributed by atoms with Crippen LogP contribution in [0.3, 0.4) is 0 Å². The molecule has 3 fully saturated rings. The Bertz CT molecular complexity index is 759. The molecule has 0 aliphatic carbocycles. The van der Waals surface area contributed by atoms with Crippen molar-refractivity contribution in [3.8, 4) is 0 Å². The van der Waals surface area contributed by atoms with Gasteiger partial charge in [-0.2, -0.15) is 4.31 Å². The molecule has 3 aliphatic heterocycles. The van der Waals surface area contributed by atoms with Crippen LogP contribution in [0, 0.1) is 5.92 Å². The molecule has 0 saturated carbocycles. The van der Waals surface area contributed by atoms with Gasteiger partial charge in [0.1, 0.15) is 0 Å². The van der Waals surface area contributed by atoms with E-state index in [0.29, 0.717) is 38.3 Å². The fraction of sp³-hybridized carbons (Fsp3) is 0.632. The summed E-state index contributed by atoms with van der Waals surface area (Å²) in [5.74, 6) is 0.251. The minimum Gasteiger partial charge on any atom is -0.340 e. The number of carbonyl (C=O) groups is 1. The van der Waals surface area contributed by atoms with Crippen LogP contribution in [-0.2, 0) is 14.8 Å². The number of hydrogen-bond acceptors (Lipinski definition) is 4. The van der Waals surface area contributed by atoms with Crippen molar-refractivity contribution < 1.29 is 13.2 Å². The number of sulfonamides is 1. The van der Waals surface area contributed by atoms with Gasteiger partial charge in [0.15, 0.2) is 0 Å². The Labute approximate surface area is 155 Å². The Morgan fingerprint density at radius 3 is 2.38 bits per heavy atom. The normalized spacial score (nSPS) is 30.5. The average molecular weight is 378 g/mol. The number of nitrogens with zero attached hydrogens (tertiary/aromatic N) is 3. The van der Waals surface area contributed by atoms with Crippen molar-refractivity contribution in [2.45, 2.75) is 31.3 Å². The third kappa shape index (κ3) is 3.28. The molecule has 0 unspecified atom stereocenters. The molecule has 0 spiro atoms. The maximum atomic E-state index is 13.2. The lowest BCUT2D eigenvalue weighted by Crippen LogP contribution is -2.52. The van der Waals surface area contributed by atoms with E-state index in [1.165, 1.54) is 16.1 Å². The van der Waals surface area contributed by atoms with Gasteiger partial charge in [-0.3, -0.25) is 9.69 Å². The molecule has 3 aliphatic rings. The Hall–Kier alpha value is -1.44. The van der Waals surface area contributed by atoms with E-state index in [4.69, 9.17) is 0 Å². The van der Waals surface area contributed by atoms with Gasteiger partial charge in [0.05, 0.1) is 12.2 Å². The predicted octanol–water partition coefficient (Wildman–Crippen LogP) is 1.32. The van der Waals surface area contributed by atoms with Crippen LogP contribution < -0.4 is 0 Å². The number of hydrogen-bond donors (Lipinski definition) is 0. The number of carbonyl (C=O) groups excluding carboxylic acids is 1. The second-order valence-electron chi connectivity index (χ2n) is 7.70. The molecule has 0 N–H and O–H groups in total. The van der Waals surface area contributed by atoms with Gasteiger partial charge >= 0.3 is 0 Å². The first-order valence-electron chi connectivity index (χ1n) is 9.50. The minimum atomic E-state index is -3.17. The molecule has 3 saturated heterocycles. The second-order valence-corrected chi connectivity index (χ2v) is 9.69. The number of benzene rings is 1. The van der Waals surface area contributed by atoms with Crippen LogP contribution >= 0.6 is 0 Å². The summed E-state index contributed by atoms with van der Waals surface area (Å²) < 4.78 is 24.8. The largest absolute Gasteiger partial charge is 0.340 e. The fourth-order valence-electron chi connectivity index (χ4n) is 4.91. The van der Waals surface area contributed by atoms with Gasteiger partial charge in [0, 0.05) is 38.3 Å². The lowest BCUT2D eigenvalue weighted by atomic mass is 9.93. The molecule has 7 heteroatoms. The summed E-state index contributed by atoms with van der Waals surface area (Å²) in [4.78, 5) is 17.6. The molecule has 0 aromatic heterocycles. The number of rotatable bonds is 3. The summed E-state index contributed by atoms with van der Waals surface area (Å²) in [6.07, 6.45) is 4.35. The van der Waals surface area contributed by atoms with Crippen molar-refractivity contribution in [2.24, 2.45) is 5.92 Å². The van der Waals surface area contributed by atoms with E-state index in [0.717, 1.165) is 25.8 Å². The van der Waals surface area contributed by atoms with Crippen LogP contribution in [-0.4, -0.2) is 73.5 Å². The molecule has 6 nitrogen and oxygen atoms in total. The molecule has 1 amide bonds. The fourth-order valence-corrected chi connectivity index (χ4v) is 5.74. The molecular formula is C19H27N3O3S. The lowest BCUT2D eigenvalue weighted by molar-refractivity contribution is -0.137. The minimum absolute atomic E-state index is 0.0347. The van der Waals surface area contributed by atoms with Gasteiger partial charge < -0.3 is 4.90 Å². The van der Waals surface area contributed by atoms with Gasteiger partial charge in [0.25, 0.3) is 0 Å². The Morgan fingerprint density at radius 1 is 1.04 bits per heavy atom. The molecule has 1 aromatic carbocycles. The zero-order chi connectivity index (χ0) is 18.3. The highest BCUT2D eigenvalue weighted by Crippen LogP contribution is 2.45. The highest BCUT2D eigenvalue weighted by atomic mass is 32.2. The van der Waals surface area contributed by atoms with Gasteiger partial charge in [0.2, 0.25) is 15.9 Å². The standard InChI is InChI=1S/C19H27N3O3S/c1-26(24,25)21-12-10-20(11-13-21)19(23)16-14-18(15-6-3-2-4-7-15)22-9-5-8-17(16)22/h2-4,6-7,16-18H,5,8-14H2,1H3/t16-,17+,18-/m1/s1. The Morgan fingerprint density at radius 2 is 1.73 bits per heavy atom. The summed E-state index contributed by atoms with van der Waals surface area (Å²) in [6, 6.07) is 11.2. The summed E-state index contributed by atoms with van der Waals surface area (Å²) in [5.41, 5.74) is 1.30. The maximum absolute atomic E-state index is 13.2. The molecule has 3 atom stereocenters. The summed E-state index contributed by atoms with van der Waals surface area (Å²) >= 11 is 0. The van der Waals surface area contributed by atoms with Gasteiger partial charge in [-0.1, -0.05) is 30.3 Å². The maximum Gasteiger partial charge on any atom is 0.227 e. The average Bonchev–Trinajstić information content (AvgIpc) is 3.24. The molecule has 3 heterocycles. The summed E-state index contributed by atoms with van der Waals surface area (Å²) in [6.45, 7) is 2.90. The topological polar surface area (TPSA) is 60.9 Å². The number of piperazine rings is 1. The highest BCUT2D eigenvalue weighted by molar-refractivity contribution is 7.88. The zero-order valence-electron chi connectivity index (χ0n) is 15.3. The Balaban J connectivity index is 1.47. The zero-order valence-corrected chi connectivity index (χ0v) is 16.1. The molecule has 1 aromatic rings. The Kier molecular flexibility index (Phi) is 4.79. The van der Waals surface area contributed by atoms with E-state index in [1.54, 1.807) is 0 Å². The third-order valence-corrected chi connectivity index (χ3v) is 7.51. The van der Waals surface area contributed by atoms with Crippen molar-refractivity contribution in [3.63, 3.8) is 0 Å². The van der Waals surface area contributed by atoms with E-state index in [2.05, 4.69) is 29.2 Å². The summed E-state index contributed by atoms with van der Waals surface area (Å²) in [7, 11) is -3.17. The van der Waals surface area contributed by atoms with Crippen molar-refractivity contribution >= 4 is 15.9 Å². The van der Waals surface area contributed by atoms with Crippen LogP contribution in [0.1, 0.15) is 30.9 Å². The van der Waals surface area contributed by atoms with Gasteiger partial charge in [-0.25, -0.2) is 8.42 Å². The third-order valence-electron chi connectivity index (χ3n) is 6.21. The van der Waals surface area contributed by atoms with Gasteiger partial charge in [-0.15, -0.1) is 0 Å². The monoisotopic (exact) mass is 377 g/mol. The molecular weight excluding hydrogens is 350 g/mol. The molecule has 0 bridgehead atoms. The van der Waals surface area contributed by atoms with E-state index in [9.17, 15) is 13.2 Å². The first-order valence-corrected chi connectivity index (χ1v) is 11.3. The van der Waals surface area contributed by atoms with Crippen molar-refractivity contribution in [1.82, 2.24) is 14.1 Å². The first-order chi connectivity index (χ1) is 12.4.